The van der Waals surface area contributed by atoms with Crippen molar-refractivity contribution >= 4 is 11.9 Å². The van der Waals surface area contributed by atoms with Crippen LogP contribution in [0.4, 0.5) is 0 Å². The zero-order valence-electron chi connectivity index (χ0n) is 7.77. The predicted octanol–water partition coefficient (Wildman–Crippen LogP) is -1.32. The van der Waals surface area contributed by atoms with Crippen LogP contribution in [0, 0.1) is 5.92 Å². The Morgan fingerprint density at radius 1 is 1.21 bits per heavy atom. The molecule has 1 rings (SSSR count). The number of nitrogens with one attached hydrogen (secondary N) is 1. The van der Waals surface area contributed by atoms with Crippen molar-refractivity contribution in [2.24, 2.45) is 5.92 Å². The SMILES string of the molecule is O=C(O)C(CN1CCNCC1)C(=O)O. The van der Waals surface area contributed by atoms with E-state index >= 15 is 0 Å². The number of carbonyl (C=O) groups is 2. The number of hydrogen-bond donors (Lipinski definition) is 3. The lowest BCUT2D eigenvalue weighted by Crippen LogP contribution is -2.47. The van der Waals surface area contributed by atoms with Gasteiger partial charge in [-0.25, -0.2) is 0 Å². The summed E-state index contributed by atoms with van der Waals surface area (Å²) in [6.45, 7) is 3.07. The van der Waals surface area contributed by atoms with E-state index in [-0.39, 0.29) is 6.54 Å². The second-order valence-corrected chi connectivity index (χ2v) is 3.28. The van der Waals surface area contributed by atoms with Crippen molar-refractivity contribution in [3.63, 3.8) is 0 Å². The number of aliphatic carboxylic acids is 2. The van der Waals surface area contributed by atoms with Crippen molar-refractivity contribution in [3.8, 4) is 0 Å². The summed E-state index contributed by atoms with van der Waals surface area (Å²) in [7, 11) is 0. The first-order valence-corrected chi connectivity index (χ1v) is 4.50. The van der Waals surface area contributed by atoms with Crippen LogP contribution in [0.2, 0.25) is 0 Å². The van der Waals surface area contributed by atoms with Crippen LogP contribution in [0.25, 0.3) is 0 Å². The average molecular weight is 202 g/mol. The summed E-state index contributed by atoms with van der Waals surface area (Å²) >= 11 is 0. The van der Waals surface area contributed by atoms with E-state index in [0.717, 1.165) is 13.1 Å². The normalized spacial score (nSPS) is 18.4. The van der Waals surface area contributed by atoms with Gasteiger partial charge in [0.05, 0.1) is 0 Å². The molecule has 6 nitrogen and oxygen atoms in total. The smallest absolute Gasteiger partial charge is 0.319 e. The van der Waals surface area contributed by atoms with Gasteiger partial charge in [-0.2, -0.15) is 0 Å². The Kier molecular flexibility index (Phi) is 3.84. The predicted molar refractivity (Wildman–Crippen MR) is 48.1 cm³/mol. The second kappa shape index (κ2) is 4.92. The molecule has 0 amide bonds. The van der Waals surface area contributed by atoms with Gasteiger partial charge in [-0.05, 0) is 0 Å². The molecule has 1 aliphatic heterocycles. The molecule has 3 N–H and O–H groups in total. The Balaban J connectivity index is 2.45. The molecule has 1 heterocycles. The maximum absolute atomic E-state index is 10.6. The summed E-state index contributed by atoms with van der Waals surface area (Å²) < 4.78 is 0. The molecule has 0 aliphatic carbocycles. The van der Waals surface area contributed by atoms with Crippen LogP contribution in [0.3, 0.4) is 0 Å². The molecule has 1 aliphatic rings. The number of carboxylic acid groups (broad SMARTS) is 2. The van der Waals surface area contributed by atoms with Crippen LogP contribution in [0.5, 0.6) is 0 Å². The van der Waals surface area contributed by atoms with E-state index in [0.29, 0.717) is 13.1 Å². The summed E-state index contributed by atoms with van der Waals surface area (Å²) in [4.78, 5) is 23.0. The van der Waals surface area contributed by atoms with Crippen molar-refractivity contribution in [1.82, 2.24) is 10.2 Å². The zero-order chi connectivity index (χ0) is 10.6. The third kappa shape index (κ3) is 2.97. The van der Waals surface area contributed by atoms with Crippen molar-refractivity contribution < 1.29 is 19.8 Å². The Bertz CT molecular complexity index is 211. The molecule has 0 aromatic heterocycles. The highest BCUT2D eigenvalue weighted by Gasteiger charge is 2.28. The van der Waals surface area contributed by atoms with Gasteiger partial charge in [-0.15, -0.1) is 0 Å². The van der Waals surface area contributed by atoms with E-state index in [1.807, 2.05) is 4.90 Å². The average Bonchev–Trinajstić information content (AvgIpc) is 2.15. The van der Waals surface area contributed by atoms with E-state index in [1.54, 1.807) is 0 Å². The summed E-state index contributed by atoms with van der Waals surface area (Å²) in [6, 6.07) is 0. The molecular formula is C8H14N2O4. The highest BCUT2D eigenvalue weighted by Crippen LogP contribution is 2.03. The fourth-order valence-electron chi connectivity index (χ4n) is 1.41. The molecule has 1 fully saturated rings. The molecule has 0 aromatic rings. The standard InChI is InChI=1S/C8H14N2O4/c11-7(12)6(8(13)14)5-10-3-1-9-2-4-10/h6,9H,1-5H2,(H,11,12)(H,13,14). The molecule has 80 valence electrons. The van der Waals surface area contributed by atoms with Gasteiger partial charge in [0.25, 0.3) is 0 Å². The molecule has 0 aromatic carbocycles. The third-order valence-corrected chi connectivity index (χ3v) is 2.25. The van der Waals surface area contributed by atoms with Gasteiger partial charge in [0.15, 0.2) is 5.92 Å². The first-order valence-electron chi connectivity index (χ1n) is 4.50. The van der Waals surface area contributed by atoms with E-state index in [9.17, 15) is 9.59 Å². The van der Waals surface area contributed by atoms with Crippen LogP contribution in [0.15, 0.2) is 0 Å². The first-order chi connectivity index (χ1) is 6.61. The van der Waals surface area contributed by atoms with Crippen molar-refractivity contribution in [2.45, 2.75) is 0 Å². The maximum atomic E-state index is 10.6. The van der Waals surface area contributed by atoms with Gasteiger partial charge in [-0.3, -0.25) is 14.5 Å². The van der Waals surface area contributed by atoms with Gasteiger partial charge in [-0.1, -0.05) is 0 Å². The molecule has 0 saturated carbocycles. The lowest BCUT2D eigenvalue weighted by Gasteiger charge is -2.28. The highest BCUT2D eigenvalue weighted by atomic mass is 16.4. The van der Waals surface area contributed by atoms with E-state index in [2.05, 4.69) is 5.32 Å². The Morgan fingerprint density at radius 3 is 2.14 bits per heavy atom. The van der Waals surface area contributed by atoms with Crippen LogP contribution in [-0.4, -0.2) is 59.8 Å². The quantitative estimate of drug-likeness (QED) is 0.490. The van der Waals surface area contributed by atoms with E-state index in [4.69, 9.17) is 10.2 Å². The van der Waals surface area contributed by atoms with Gasteiger partial charge >= 0.3 is 11.9 Å². The van der Waals surface area contributed by atoms with Crippen LogP contribution in [-0.2, 0) is 9.59 Å². The monoisotopic (exact) mass is 202 g/mol. The minimum Gasteiger partial charge on any atom is -0.481 e. The fraction of sp³-hybridized carbons (Fsp3) is 0.750. The Labute approximate surface area is 81.5 Å². The molecular weight excluding hydrogens is 188 g/mol. The summed E-state index contributed by atoms with van der Waals surface area (Å²) in [6.07, 6.45) is 0. The molecule has 0 radical (unpaired) electrons. The molecule has 0 unspecified atom stereocenters. The largest absolute Gasteiger partial charge is 0.481 e. The summed E-state index contributed by atoms with van der Waals surface area (Å²) in [5, 5.41) is 20.4. The van der Waals surface area contributed by atoms with Crippen LogP contribution >= 0.6 is 0 Å². The van der Waals surface area contributed by atoms with Crippen molar-refractivity contribution in [1.29, 1.82) is 0 Å². The molecule has 0 bridgehead atoms. The van der Waals surface area contributed by atoms with Gasteiger partial charge in [0.2, 0.25) is 0 Å². The molecule has 6 heteroatoms. The minimum absolute atomic E-state index is 0.0896. The van der Waals surface area contributed by atoms with Crippen molar-refractivity contribution in [3.05, 3.63) is 0 Å². The van der Waals surface area contributed by atoms with Crippen molar-refractivity contribution in [2.75, 3.05) is 32.7 Å². The number of rotatable bonds is 4. The second-order valence-electron chi connectivity index (χ2n) is 3.28. The molecule has 1 saturated heterocycles. The number of carboxylic acids is 2. The van der Waals surface area contributed by atoms with Crippen LogP contribution < -0.4 is 5.32 Å². The van der Waals surface area contributed by atoms with Crippen LogP contribution in [0.1, 0.15) is 0 Å². The number of hydrogen-bond acceptors (Lipinski definition) is 4. The lowest BCUT2D eigenvalue weighted by molar-refractivity contribution is -0.155. The maximum Gasteiger partial charge on any atom is 0.319 e. The van der Waals surface area contributed by atoms with Gasteiger partial charge < -0.3 is 15.5 Å². The fourth-order valence-corrected chi connectivity index (χ4v) is 1.41. The third-order valence-electron chi connectivity index (χ3n) is 2.25. The highest BCUT2D eigenvalue weighted by molar-refractivity contribution is 5.93. The summed E-state index contributed by atoms with van der Waals surface area (Å²) in [5.41, 5.74) is 0. The van der Waals surface area contributed by atoms with E-state index in [1.165, 1.54) is 0 Å². The molecule has 14 heavy (non-hydrogen) atoms. The topological polar surface area (TPSA) is 89.9 Å². The molecule has 0 atom stereocenters. The van der Waals surface area contributed by atoms with Gasteiger partial charge in [0, 0.05) is 32.7 Å². The summed E-state index contributed by atoms with van der Waals surface area (Å²) in [5.74, 6) is -3.85. The Morgan fingerprint density at radius 2 is 1.71 bits per heavy atom. The minimum atomic E-state index is -1.31. The first kappa shape index (κ1) is 10.9. The lowest BCUT2D eigenvalue weighted by atomic mass is 10.1. The number of piperazine rings is 1. The molecule has 0 spiro atoms. The van der Waals surface area contributed by atoms with E-state index < -0.39 is 17.9 Å². The zero-order valence-corrected chi connectivity index (χ0v) is 7.77. The van der Waals surface area contributed by atoms with Gasteiger partial charge in [0.1, 0.15) is 0 Å². The Hall–Kier alpha value is -1.14. The number of nitrogens with zero attached hydrogens (tertiary/aromatic N) is 1.